The highest BCUT2D eigenvalue weighted by molar-refractivity contribution is 5.87. The molecule has 4 bridgehead atoms. The average molecular weight is 417 g/mol. The van der Waals surface area contributed by atoms with Gasteiger partial charge in [0.05, 0.1) is 0 Å². The van der Waals surface area contributed by atoms with Gasteiger partial charge in [0.1, 0.15) is 0 Å². The van der Waals surface area contributed by atoms with Gasteiger partial charge in [0.2, 0.25) is 0 Å². The third-order valence-electron chi connectivity index (χ3n) is 9.05. The van der Waals surface area contributed by atoms with E-state index in [4.69, 9.17) is 0 Å². The van der Waals surface area contributed by atoms with E-state index in [9.17, 15) is 0 Å². The van der Waals surface area contributed by atoms with Crippen LogP contribution in [0.2, 0.25) is 0 Å². The standard InChI is InChI=1S/C32H32/c1-3-7-26(8-4-1)28-11-12-29(27-9-5-2-6-10-27)31-17-25(16-30(28)31)21-32-18-22-13-23(19-32)15-24(14-22)20-32/h1-12,16,22-24H,13-15,17-21H2. The van der Waals surface area contributed by atoms with Crippen LogP contribution in [0.3, 0.4) is 0 Å². The van der Waals surface area contributed by atoms with E-state index in [0.717, 1.165) is 24.2 Å². The summed E-state index contributed by atoms with van der Waals surface area (Å²) < 4.78 is 0. The number of hydrogen-bond acceptors (Lipinski definition) is 0. The van der Waals surface area contributed by atoms with Gasteiger partial charge in [-0.2, -0.15) is 0 Å². The van der Waals surface area contributed by atoms with Crippen LogP contribution in [0.15, 0.2) is 78.4 Å². The van der Waals surface area contributed by atoms with Crippen LogP contribution in [-0.4, -0.2) is 0 Å². The zero-order valence-electron chi connectivity index (χ0n) is 18.9. The Balaban J connectivity index is 1.29. The first-order chi connectivity index (χ1) is 15.7. The molecule has 0 radical (unpaired) electrons. The largest absolute Gasteiger partial charge is 0.0646 e. The molecule has 160 valence electrons. The third kappa shape index (κ3) is 3.11. The average Bonchev–Trinajstić information content (AvgIpc) is 3.21. The first-order valence-electron chi connectivity index (χ1n) is 12.7. The van der Waals surface area contributed by atoms with E-state index in [2.05, 4.69) is 78.9 Å². The molecule has 0 spiro atoms. The van der Waals surface area contributed by atoms with Gasteiger partial charge in [0.25, 0.3) is 0 Å². The summed E-state index contributed by atoms with van der Waals surface area (Å²) in [5.74, 6) is 3.10. The summed E-state index contributed by atoms with van der Waals surface area (Å²) in [6, 6.07) is 26.7. The summed E-state index contributed by atoms with van der Waals surface area (Å²) in [5, 5.41) is 0. The summed E-state index contributed by atoms with van der Waals surface area (Å²) in [6.07, 6.45) is 14.2. The Morgan fingerprint density at radius 1 is 0.625 bits per heavy atom. The van der Waals surface area contributed by atoms with Crippen molar-refractivity contribution in [3.63, 3.8) is 0 Å². The predicted molar refractivity (Wildman–Crippen MR) is 134 cm³/mol. The minimum atomic E-state index is 0.614. The second-order valence-corrected chi connectivity index (χ2v) is 11.4. The molecule has 4 fully saturated rings. The molecule has 8 rings (SSSR count). The molecule has 0 nitrogen and oxygen atoms in total. The third-order valence-corrected chi connectivity index (χ3v) is 9.05. The van der Waals surface area contributed by atoms with Crippen LogP contribution in [0.4, 0.5) is 0 Å². The fourth-order valence-corrected chi connectivity index (χ4v) is 8.36. The minimum absolute atomic E-state index is 0.614. The van der Waals surface area contributed by atoms with E-state index in [-0.39, 0.29) is 0 Å². The maximum Gasteiger partial charge on any atom is -0.00512 e. The zero-order chi connectivity index (χ0) is 21.1. The lowest BCUT2D eigenvalue weighted by Gasteiger charge is -2.57. The van der Waals surface area contributed by atoms with Crippen molar-refractivity contribution >= 4 is 6.08 Å². The van der Waals surface area contributed by atoms with E-state index >= 15 is 0 Å². The molecular formula is C32H32. The molecule has 32 heavy (non-hydrogen) atoms. The van der Waals surface area contributed by atoms with E-state index in [0.29, 0.717) is 5.41 Å². The molecular weight excluding hydrogens is 384 g/mol. The topological polar surface area (TPSA) is 0 Å². The number of hydrogen-bond donors (Lipinski definition) is 0. The highest BCUT2D eigenvalue weighted by Crippen LogP contribution is 2.62. The molecule has 5 aliphatic rings. The van der Waals surface area contributed by atoms with Crippen molar-refractivity contribution in [1.29, 1.82) is 0 Å². The molecule has 0 N–H and O–H groups in total. The number of rotatable bonds is 4. The molecule has 0 atom stereocenters. The lowest BCUT2D eigenvalue weighted by Crippen LogP contribution is -2.46. The van der Waals surface area contributed by atoms with Gasteiger partial charge in [-0.1, -0.05) is 84.4 Å². The Morgan fingerprint density at radius 3 is 1.75 bits per heavy atom. The Morgan fingerprint density at radius 2 is 1.16 bits per heavy atom. The van der Waals surface area contributed by atoms with Crippen molar-refractivity contribution in [1.82, 2.24) is 0 Å². The van der Waals surface area contributed by atoms with Gasteiger partial charge in [0.15, 0.2) is 0 Å². The molecule has 3 aromatic carbocycles. The van der Waals surface area contributed by atoms with Crippen molar-refractivity contribution in [2.24, 2.45) is 23.2 Å². The van der Waals surface area contributed by atoms with Gasteiger partial charge in [-0.15, -0.1) is 0 Å². The Bertz CT molecular complexity index is 1150. The summed E-state index contributed by atoms with van der Waals surface area (Å²) in [6.45, 7) is 0. The van der Waals surface area contributed by atoms with Crippen molar-refractivity contribution < 1.29 is 0 Å². The van der Waals surface area contributed by atoms with Crippen LogP contribution in [0.5, 0.6) is 0 Å². The second kappa shape index (κ2) is 7.20. The molecule has 5 aliphatic carbocycles. The molecule has 0 amide bonds. The normalized spacial score (nSPS) is 29.8. The maximum atomic E-state index is 2.60. The van der Waals surface area contributed by atoms with Gasteiger partial charge in [-0.25, -0.2) is 0 Å². The highest BCUT2D eigenvalue weighted by atomic mass is 14.6. The van der Waals surface area contributed by atoms with Crippen molar-refractivity contribution in [2.45, 2.75) is 51.4 Å². The minimum Gasteiger partial charge on any atom is -0.0646 e. The first-order valence-corrected chi connectivity index (χ1v) is 12.7. The fraction of sp³-hybridized carbons (Fsp3) is 0.375. The number of benzene rings is 3. The smallest absolute Gasteiger partial charge is 0.00512 e. The van der Waals surface area contributed by atoms with E-state index in [1.165, 1.54) is 72.8 Å². The van der Waals surface area contributed by atoms with Crippen molar-refractivity contribution in [3.8, 4) is 22.3 Å². The predicted octanol–water partition coefficient (Wildman–Crippen LogP) is 8.57. The first kappa shape index (κ1) is 18.9. The lowest BCUT2D eigenvalue weighted by molar-refractivity contribution is -0.0521. The van der Waals surface area contributed by atoms with Crippen molar-refractivity contribution in [3.05, 3.63) is 89.5 Å². The van der Waals surface area contributed by atoms with Crippen LogP contribution < -0.4 is 0 Å². The molecule has 0 unspecified atom stereocenters. The van der Waals surface area contributed by atoms with Gasteiger partial charge in [0, 0.05) is 0 Å². The molecule has 0 heteroatoms. The molecule has 0 saturated heterocycles. The van der Waals surface area contributed by atoms with E-state index in [1.807, 2.05) is 0 Å². The molecule has 0 aliphatic heterocycles. The fourth-order valence-electron chi connectivity index (χ4n) is 8.36. The van der Waals surface area contributed by atoms with Gasteiger partial charge in [-0.05, 0) is 108 Å². The summed E-state index contributed by atoms with van der Waals surface area (Å²) in [7, 11) is 0. The zero-order valence-corrected chi connectivity index (χ0v) is 18.9. The van der Waals surface area contributed by atoms with Gasteiger partial charge in [-0.3, -0.25) is 0 Å². The van der Waals surface area contributed by atoms with Gasteiger partial charge < -0.3 is 0 Å². The van der Waals surface area contributed by atoms with Crippen molar-refractivity contribution in [2.75, 3.05) is 0 Å². The summed E-state index contributed by atoms with van der Waals surface area (Å²) in [4.78, 5) is 0. The highest BCUT2D eigenvalue weighted by Gasteiger charge is 2.51. The number of allylic oxidation sites excluding steroid dienone is 1. The summed E-state index contributed by atoms with van der Waals surface area (Å²) in [5.41, 5.74) is 10.9. The monoisotopic (exact) mass is 416 g/mol. The van der Waals surface area contributed by atoms with Crippen LogP contribution in [0.1, 0.15) is 56.1 Å². The molecule has 3 aromatic rings. The SMILES string of the molecule is C1=C(CC23CC4CC(CC(C4)C2)C3)Cc2c(-c3ccccc3)ccc(-c3ccccc3)c21. The van der Waals surface area contributed by atoms with Gasteiger partial charge >= 0.3 is 0 Å². The Labute approximate surface area is 192 Å². The lowest BCUT2D eigenvalue weighted by atomic mass is 9.48. The second-order valence-electron chi connectivity index (χ2n) is 11.4. The summed E-state index contributed by atoms with van der Waals surface area (Å²) >= 11 is 0. The Kier molecular flexibility index (Phi) is 4.26. The maximum absolute atomic E-state index is 2.60. The van der Waals surface area contributed by atoms with Crippen LogP contribution in [-0.2, 0) is 6.42 Å². The van der Waals surface area contributed by atoms with Crippen LogP contribution in [0.25, 0.3) is 28.3 Å². The molecule has 0 aromatic heterocycles. The molecule has 0 heterocycles. The van der Waals surface area contributed by atoms with E-state index < -0.39 is 0 Å². The van der Waals surface area contributed by atoms with Crippen LogP contribution in [0, 0.1) is 23.2 Å². The Hall–Kier alpha value is -2.60. The van der Waals surface area contributed by atoms with E-state index in [1.54, 1.807) is 11.1 Å². The van der Waals surface area contributed by atoms with Crippen LogP contribution >= 0.6 is 0 Å². The number of fused-ring (bicyclic) bond motifs is 1. The molecule has 4 saturated carbocycles. The quantitative estimate of drug-likeness (QED) is 0.399.